The van der Waals surface area contributed by atoms with Crippen molar-refractivity contribution in [1.82, 2.24) is 0 Å². The zero-order chi connectivity index (χ0) is 13.0. The van der Waals surface area contributed by atoms with E-state index in [1.54, 1.807) is 25.3 Å². The number of aliphatic hydroxyl groups excluding tert-OH is 1. The molecule has 0 aliphatic heterocycles. The molecule has 0 spiro atoms. The summed E-state index contributed by atoms with van der Waals surface area (Å²) in [7, 11) is 1.60. The number of hydrogen-bond donors (Lipinski definition) is 1. The highest BCUT2D eigenvalue weighted by molar-refractivity contribution is 5.29. The number of hydrogen-bond acceptors (Lipinski definition) is 2. The molecule has 2 rings (SSSR count). The molecule has 1 atom stereocenters. The number of benzene rings is 2. The third-order valence-electron chi connectivity index (χ3n) is 2.85. The van der Waals surface area contributed by atoms with Crippen LogP contribution in [0.25, 0.3) is 0 Å². The molecular formula is C15H15FO2. The summed E-state index contributed by atoms with van der Waals surface area (Å²) in [6.45, 7) is 0. The van der Waals surface area contributed by atoms with Crippen LogP contribution in [0, 0.1) is 5.82 Å². The fourth-order valence-corrected chi connectivity index (χ4v) is 1.84. The van der Waals surface area contributed by atoms with Crippen LogP contribution < -0.4 is 4.74 Å². The van der Waals surface area contributed by atoms with Gasteiger partial charge in [-0.2, -0.15) is 0 Å². The van der Waals surface area contributed by atoms with E-state index in [-0.39, 0.29) is 5.82 Å². The Morgan fingerprint density at radius 2 is 1.78 bits per heavy atom. The van der Waals surface area contributed by atoms with Crippen LogP contribution in [0.1, 0.15) is 17.2 Å². The van der Waals surface area contributed by atoms with Crippen molar-refractivity contribution in [3.8, 4) is 5.75 Å². The van der Waals surface area contributed by atoms with E-state index in [0.717, 1.165) is 11.3 Å². The minimum Gasteiger partial charge on any atom is -0.497 e. The van der Waals surface area contributed by atoms with Gasteiger partial charge in [-0.15, -0.1) is 0 Å². The fourth-order valence-electron chi connectivity index (χ4n) is 1.84. The smallest absolute Gasteiger partial charge is 0.129 e. The molecule has 94 valence electrons. The van der Waals surface area contributed by atoms with E-state index in [1.807, 2.05) is 24.3 Å². The van der Waals surface area contributed by atoms with E-state index in [4.69, 9.17) is 4.74 Å². The van der Waals surface area contributed by atoms with Gasteiger partial charge < -0.3 is 9.84 Å². The molecule has 0 radical (unpaired) electrons. The highest BCUT2D eigenvalue weighted by atomic mass is 19.1. The first kappa shape index (κ1) is 12.6. The topological polar surface area (TPSA) is 29.5 Å². The Morgan fingerprint density at radius 1 is 1.11 bits per heavy atom. The largest absolute Gasteiger partial charge is 0.497 e. The van der Waals surface area contributed by atoms with E-state index in [0.29, 0.717) is 12.0 Å². The number of aliphatic hydroxyl groups is 1. The van der Waals surface area contributed by atoms with Gasteiger partial charge in [-0.3, -0.25) is 0 Å². The second-order valence-electron chi connectivity index (χ2n) is 4.09. The summed E-state index contributed by atoms with van der Waals surface area (Å²) in [5, 5.41) is 10.0. The zero-order valence-electron chi connectivity index (χ0n) is 10.1. The van der Waals surface area contributed by atoms with Crippen LogP contribution in [0.3, 0.4) is 0 Å². The summed E-state index contributed by atoms with van der Waals surface area (Å²) in [6.07, 6.45) is -0.454. The van der Waals surface area contributed by atoms with Crippen molar-refractivity contribution in [2.24, 2.45) is 0 Å². The average molecular weight is 246 g/mol. The molecule has 0 bridgehead atoms. The maximum atomic E-state index is 13.5. The van der Waals surface area contributed by atoms with Crippen LogP contribution >= 0.6 is 0 Å². The van der Waals surface area contributed by atoms with E-state index >= 15 is 0 Å². The maximum Gasteiger partial charge on any atom is 0.129 e. The van der Waals surface area contributed by atoms with Gasteiger partial charge in [0.15, 0.2) is 0 Å². The molecule has 0 saturated heterocycles. The molecule has 3 heteroatoms. The summed E-state index contributed by atoms with van der Waals surface area (Å²) in [4.78, 5) is 0. The highest BCUT2D eigenvalue weighted by Crippen LogP contribution is 2.22. The SMILES string of the molecule is COc1ccc(CC(O)c2ccccc2F)cc1. The molecule has 0 fully saturated rings. The second kappa shape index (κ2) is 5.65. The summed E-state index contributed by atoms with van der Waals surface area (Å²) in [5.74, 6) is 0.387. The lowest BCUT2D eigenvalue weighted by Gasteiger charge is -2.12. The van der Waals surface area contributed by atoms with Crippen LogP contribution in [0.5, 0.6) is 5.75 Å². The van der Waals surface area contributed by atoms with Crippen LogP contribution in [-0.2, 0) is 6.42 Å². The number of methoxy groups -OCH3 is 1. The molecule has 0 aliphatic carbocycles. The predicted molar refractivity (Wildman–Crippen MR) is 68.1 cm³/mol. The Balaban J connectivity index is 2.11. The molecule has 0 aromatic heterocycles. The Morgan fingerprint density at radius 3 is 2.39 bits per heavy atom. The van der Waals surface area contributed by atoms with Crippen molar-refractivity contribution in [2.45, 2.75) is 12.5 Å². The maximum absolute atomic E-state index is 13.5. The van der Waals surface area contributed by atoms with Crippen molar-refractivity contribution in [1.29, 1.82) is 0 Å². The van der Waals surface area contributed by atoms with Gasteiger partial charge >= 0.3 is 0 Å². The molecule has 1 unspecified atom stereocenters. The third kappa shape index (κ3) is 2.87. The molecule has 0 saturated carbocycles. The van der Waals surface area contributed by atoms with Gasteiger partial charge in [0.2, 0.25) is 0 Å². The second-order valence-corrected chi connectivity index (χ2v) is 4.09. The molecule has 0 heterocycles. The Bertz CT molecular complexity index is 508. The van der Waals surface area contributed by atoms with E-state index in [2.05, 4.69) is 0 Å². The van der Waals surface area contributed by atoms with Crippen LogP contribution in [0.4, 0.5) is 4.39 Å². The number of rotatable bonds is 4. The molecule has 2 nitrogen and oxygen atoms in total. The Hall–Kier alpha value is -1.87. The number of halogens is 1. The van der Waals surface area contributed by atoms with Gasteiger partial charge in [-0.25, -0.2) is 4.39 Å². The molecule has 1 N–H and O–H groups in total. The van der Waals surface area contributed by atoms with Crippen molar-refractivity contribution < 1.29 is 14.2 Å². The zero-order valence-corrected chi connectivity index (χ0v) is 10.1. The van der Waals surface area contributed by atoms with Crippen molar-refractivity contribution in [3.05, 3.63) is 65.5 Å². The van der Waals surface area contributed by atoms with Gasteiger partial charge in [0.1, 0.15) is 11.6 Å². The minimum atomic E-state index is -0.834. The predicted octanol–water partition coefficient (Wildman–Crippen LogP) is 3.11. The van der Waals surface area contributed by atoms with Gasteiger partial charge in [-0.1, -0.05) is 30.3 Å². The summed E-state index contributed by atoms with van der Waals surface area (Å²) in [5.41, 5.74) is 1.26. The van der Waals surface area contributed by atoms with Gasteiger partial charge in [0.05, 0.1) is 13.2 Å². The lowest BCUT2D eigenvalue weighted by molar-refractivity contribution is 0.173. The molecule has 0 amide bonds. The van der Waals surface area contributed by atoms with E-state index < -0.39 is 6.10 Å². The lowest BCUT2D eigenvalue weighted by Crippen LogP contribution is -2.04. The molecular weight excluding hydrogens is 231 g/mol. The van der Waals surface area contributed by atoms with Crippen LogP contribution in [-0.4, -0.2) is 12.2 Å². The summed E-state index contributed by atoms with van der Waals surface area (Å²) < 4.78 is 18.5. The molecule has 2 aromatic carbocycles. The molecule has 2 aromatic rings. The summed E-state index contributed by atoms with van der Waals surface area (Å²) >= 11 is 0. The van der Waals surface area contributed by atoms with Crippen LogP contribution in [0.2, 0.25) is 0 Å². The van der Waals surface area contributed by atoms with Gasteiger partial charge in [0.25, 0.3) is 0 Å². The first-order valence-corrected chi connectivity index (χ1v) is 5.76. The highest BCUT2D eigenvalue weighted by Gasteiger charge is 2.12. The quantitative estimate of drug-likeness (QED) is 0.898. The standard InChI is InChI=1S/C15H15FO2/c1-18-12-8-6-11(7-9-12)10-15(17)13-4-2-3-5-14(13)16/h2-9,15,17H,10H2,1H3. The first-order chi connectivity index (χ1) is 8.70. The lowest BCUT2D eigenvalue weighted by atomic mass is 10.0. The molecule has 0 aliphatic rings. The van der Waals surface area contributed by atoms with Gasteiger partial charge in [0, 0.05) is 12.0 Å². The van der Waals surface area contributed by atoms with Crippen molar-refractivity contribution >= 4 is 0 Å². The normalized spacial score (nSPS) is 12.2. The number of ether oxygens (including phenoxy) is 1. The van der Waals surface area contributed by atoms with E-state index in [9.17, 15) is 9.50 Å². The first-order valence-electron chi connectivity index (χ1n) is 5.76. The Labute approximate surface area is 106 Å². The van der Waals surface area contributed by atoms with Gasteiger partial charge in [-0.05, 0) is 23.8 Å². The molecule has 18 heavy (non-hydrogen) atoms. The Kier molecular flexibility index (Phi) is 3.95. The van der Waals surface area contributed by atoms with Crippen LogP contribution in [0.15, 0.2) is 48.5 Å². The minimum absolute atomic E-state index is 0.327. The average Bonchev–Trinajstić information content (AvgIpc) is 2.40. The summed E-state index contributed by atoms with van der Waals surface area (Å²) in [6, 6.07) is 13.7. The van der Waals surface area contributed by atoms with E-state index in [1.165, 1.54) is 6.07 Å². The van der Waals surface area contributed by atoms with Crippen molar-refractivity contribution in [2.75, 3.05) is 7.11 Å². The third-order valence-corrected chi connectivity index (χ3v) is 2.85. The van der Waals surface area contributed by atoms with Crippen molar-refractivity contribution in [3.63, 3.8) is 0 Å². The monoisotopic (exact) mass is 246 g/mol. The fraction of sp³-hybridized carbons (Fsp3) is 0.200.